The van der Waals surface area contributed by atoms with Gasteiger partial charge in [-0.3, -0.25) is 4.79 Å². The Kier molecular flexibility index (Phi) is 4.17. The summed E-state index contributed by atoms with van der Waals surface area (Å²) in [5, 5.41) is 12.6. The summed E-state index contributed by atoms with van der Waals surface area (Å²) in [5.41, 5.74) is 1.15. The maximum atomic E-state index is 13.0. The lowest BCUT2D eigenvalue weighted by Gasteiger charge is -2.32. The van der Waals surface area contributed by atoms with Crippen molar-refractivity contribution in [3.05, 3.63) is 42.4 Å². The fourth-order valence-corrected chi connectivity index (χ4v) is 3.51. The highest BCUT2D eigenvalue weighted by Crippen LogP contribution is 2.27. The second-order valence-electron chi connectivity index (χ2n) is 6.42. The van der Waals surface area contributed by atoms with Crippen molar-refractivity contribution in [2.24, 2.45) is 0 Å². The lowest BCUT2D eigenvalue weighted by Crippen LogP contribution is -2.39. The van der Waals surface area contributed by atoms with Crippen molar-refractivity contribution in [1.29, 1.82) is 0 Å². The SMILES string of the molecule is CCCn1cnnc1C1CCCN(C(=O)c2cnn3cccnc23)C1. The van der Waals surface area contributed by atoms with E-state index in [1.807, 2.05) is 4.90 Å². The molecule has 0 saturated carbocycles. The molecule has 130 valence electrons. The minimum atomic E-state index is -0.0139. The van der Waals surface area contributed by atoms with Crippen LogP contribution in [0.25, 0.3) is 5.65 Å². The van der Waals surface area contributed by atoms with Crippen LogP contribution in [0.2, 0.25) is 0 Å². The molecular formula is C17H21N7O. The van der Waals surface area contributed by atoms with E-state index in [2.05, 4.69) is 31.8 Å². The Bertz CT molecular complexity index is 884. The number of amides is 1. The molecule has 1 aliphatic rings. The number of rotatable bonds is 4. The average Bonchev–Trinajstić information content (AvgIpc) is 3.28. The predicted molar refractivity (Wildman–Crippen MR) is 91.2 cm³/mol. The van der Waals surface area contributed by atoms with Gasteiger partial charge in [-0.05, 0) is 25.3 Å². The van der Waals surface area contributed by atoms with Crippen LogP contribution in [0.3, 0.4) is 0 Å². The van der Waals surface area contributed by atoms with Crippen molar-refractivity contribution in [3.8, 4) is 0 Å². The van der Waals surface area contributed by atoms with E-state index >= 15 is 0 Å². The average molecular weight is 339 g/mol. The van der Waals surface area contributed by atoms with Crippen LogP contribution >= 0.6 is 0 Å². The first-order valence-electron chi connectivity index (χ1n) is 8.73. The molecule has 3 aromatic heterocycles. The van der Waals surface area contributed by atoms with Gasteiger partial charge in [-0.2, -0.15) is 5.10 Å². The van der Waals surface area contributed by atoms with Crippen LogP contribution in [-0.2, 0) is 6.54 Å². The number of carbonyl (C=O) groups excluding carboxylic acids is 1. The molecule has 0 aromatic carbocycles. The van der Waals surface area contributed by atoms with Crippen LogP contribution in [-0.4, -0.2) is 53.3 Å². The van der Waals surface area contributed by atoms with E-state index in [1.54, 1.807) is 35.5 Å². The standard InChI is InChI=1S/C17H21N7O/c1-2-7-23-12-19-21-15(23)13-5-3-8-22(11-13)17(25)14-10-20-24-9-4-6-18-16(14)24/h4,6,9-10,12-13H,2-3,5,7-8,11H2,1H3. The third-order valence-electron chi connectivity index (χ3n) is 4.69. The molecule has 0 bridgehead atoms. The Morgan fingerprint density at radius 2 is 2.32 bits per heavy atom. The van der Waals surface area contributed by atoms with Crippen LogP contribution < -0.4 is 0 Å². The van der Waals surface area contributed by atoms with E-state index in [0.717, 1.165) is 38.2 Å². The molecule has 0 spiro atoms. The van der Waals surface area contributed by atoms with Gasteiger partial charge < -0.3 is 9.47 Å². The van der Waals surface area contributed by atoms with Gasteiger partial charge in [-0.15, -0.1) is 10.2 Å². The Balaban J connectivity index is 1.56. The number of fused-ring (bicyclic) bond motifs is 1. The summed E-state index contributed by atoms with van der Waals surface area (Å²) >= 11 is 0. The van der Waals surface area contributed by atoms with E-state index in [9.17, 15) is 4.79 Å². The molecule has 1 saturated heterocycles. The van der Waals surface area contributed by atoms with Crippen LogP contribution in [0, 0.1) is 0 Å². The van der Waals surface area contributed by atoms with Gasteiger partial charge in [-0.1, -0.05) is 6.92 Å². The monoisotopic (exact) mass is 339 g/mol. The van der Waals surface area contributed by atoms with E-state index in [4.69, 9.17) is 0 Å². The fourth-order valence-electron chi connectivity index (χ4n) is 3.51. The minimum absolute atomic E-state index is 0.0139. The van der Waals surface area contributed by atoms with Crippen molar-refractivity contribution in [2.45, 2.75) is 38.6 Å². The van der Waals surface area contributed by atoms with Crippen molar-refractivity contribution in [2.75, 3.05) is 13.1 Å². The first-order valence-corrected chi connectivity index (χ1v) is 8.73. The highest BCUT2D eigenvalue weighted by molar-refractivity contribution is 5.99. The normalized spacial score (nSPS) is 18.0. The van der Waals surface area contributed by atoms with Crippen molar-refractivity contribution >= 4 is 11.6 Å². The van der Waals surface area contributed by atoms with Gasteiger partial charge in [0.15, 0.2) is 5.65 Å². The molecule has 3 aromatic rings. The molecule has 1 fully saturated rings. The third-order valence-corrected chi connectivity index (χ3v) is 4.69. The number of piperidine rings is 1. The van der Waals surface area contributed by atoms with Crippen LogP contribution in [0.5, 0.6) is 0 Å². The molecule has 1 atom stereocenters. The highest BCUT2D eigenvalue weighted by atomic mass is 16.2. The molecule has 4 rings (SSSR count). The second kappa shape index (κ2) is 6.62. The summed E-state index contributed by atoms with van der Waals surface area (Å²) in [6.45, 7) is 4.45. The van der Waals surface area contributed by atoms with E-state index in [1.165, 1.54) is 0 Å². The zero-order valence-electron chi connectivity index (χ0n) is 14.2. The second-order valence-corrected chi connectivity index (χ2v) is 6.42. The number of nitrogens with zero attached hydrogens (tertiary/aromatic N) is 7. The lowest BCUT2D eigenvalue weighted by molar-refractivity contribution is 0.0705. The molecule has 1 aliphatic heterocycles. The number of aromatic nitrogens is 6. The van der Waals surface area contributed by atoms with Crippen molar-refractivity contribution in [1.82, 2.24) is 34.3 Å². The number of aryl methyl sites for hydroxylation is 1. The molecule has 1 unspecified atom stereocenters. The molecule has 1 amide bonds. The Hall–Kier alpha value is -2.77. The summed E-state index contributed by atoms with van der Waals surface area (Å²) in [7, 11) is 0. The molecule has 8 nitrogen and oxygen atoms in total. The molecular weight excluding hydrogens is 318 g/mol. The van der Waals surface area contributed by atoms with Gasteiger partial charge in [0.25, 0.3) is 5.91 Å². The van der Waals surface area contributed by atoms with Gasteiger partial charge in [0, 0.05) is 37.9 Å². The summed E-state index contributed by atoms with van der Waals surface area (Å²) in [4.78, 5) is 19.2. The molecule has 0 radical (unpaired) electrons. The van der Waals surface area contributed by atoms with Gasteiger partial charge in [-0.25, -0.2) is 9.50 Å². The summed E-state index contributed by atoms with van der Waals surface area (Å²) in [6, 6.07) is 1.80. The topological polar surface area (TPSA) is 81.2 Å². The maximum Gasteiger partial charge on any atom is 0.259 e. The largest absolute Gasteiger partial charge is 0.338 e. The van der Waals surface area contributed by atoms with Gasteiger partial charge in [0.2, 0.25) is 0 Å². The zero-order chi connectivity index (χ0) is 17.2. The molecule has 25 heavy (non-hydrogen) atoms. The fraction of sp³-hybridized carbons (Fsp3) is 0.471. The highest BCUT2D eigenvalue weighted by Gasteiger charge is 2.29. The summed E-state index contributed by atoms with van der Waals surface area (Å²) in [6.07, 6.45) is 9.89. The first kappa shape index (κ1) is 15.7. The third kappa shape index (κ3) is 2.88. The summed E-state index contributed by atoms with van der Waals surface area (Å²) in [5.74, 6) is 1.19. The molecule has 0 N–H and O–H groups in total. The lowest BCUT2D eigenvalue weighted by atomic mass is 9.96. The number of likely N-dealkylation sites (tertiary alicyclic amines) is 1. The minimum Gasteiger partial charge on any atom is -0.338 e. The number of carbonyl (C=O) groups is 1. The molecule has 0 aliphatic carbocycles. The molecule has 8 heteroatoms. The van der Waals surface area contributed by atoms with Crippen molar-refractivity contribution in [3.63, 3.8) is 0 Å². The van der Waals surface area contributed by atoms with Gasteiger partial charge in [0.1, 0.15) is 17.7 Å². The zero-order valence-corrected chi connectivity index (χ0v) is 14.2. The van der Waals surface area contributed by atoms with Crippen LogP contribution in [0.15, 0.2) is 31.0 Å². The number of hydrogen-bond acceptors (Lipinski definition) is 5. The molecule has 4 heterocycles. The summed E-state index contributed by atoms with van der Waals surface area (Å²) < 4.78 is 3.74. The van der Waals surface area contributed by atoms with E-state index < -0.39 is 0 Å². The Morgan fingerprint density at radius 1 is 1.40 bits per heavy atom. The van der Waals surface area contributed by atoms with Gasteiger partial charge in [0.05, 0.1) is 6.20 Å². The predicted octanol–water partition coefficient (Wildman–Crippen LogP) is 1.75. The smallest absolute Gasteiger partial charge is 0.259 e. The van der Waals surface area contributed by atoms with Crippen LogP contribution in [0.1, 0.15) is 48.3 Å². The van der Waals surface area contributed by atoms with Crippen LogP contribution in [0.4, 0.5) is 0 Å². The maximum absolute atomic E-state index is 13.0. The Labute approximate surface area is 145 Å². The number of hydrogen-bond donors (Lipinski definition) is 0. The quantitative estimate of drug-likeness (QED) is 0.723. The Morgan fingerprint density at radius 3 is 3.20 bits per heavy atom. The van der Waals surface area contributed by atoms with Crippen molar-refractivity contribution < 1.29 is 4.79 Å². The van der Waals surface area contributed by atoms with E-state index in [-0.39, 0.29) is 11.8 Å². The first-order chi connectivity index (χ1) is 12.3. The van der Waals surface area contributed by atoms with E-state index in [0.29, 0.717) is 17.8 Å². The van der Waals surface area contributed by atoms with Gasteiger partial charge >= 0.3 is 0 Å².